The average Bonchev–Trinajstić information content (AvgIpc) is 2.31. The summed E-state index contributed by atoms with van der Waals surface area (Å²) >= 11 is 6.85. The van der Waals surface area contributed by atoms with Crippen molar-refractivity contribution in [1.82, 2.24) is 0 Å². The number of halogens is 2. The molecular formula is C13H17Br2NO2. The Labute approximate surface area is 125 Å². The van der Waals surface area contributed by atoms with Gasteiger partial charge in [0.05, 0.1) is 18.4 Å². The van der Waals surface area contributed by atoms with E-state index >= 15 is 0 Å². The zero-order valence-electron chi connectivity index (χ0n) is 10.7. The van der Waals surface area contributed by atoms with Gasteiger partial charge in [-0.05, 0) is 41.4 Å². The lowest BCUT2D eigenvalue weighted by atomic mass is 10.1. The molecule has 0 aliphatic heterocycles. The lowest BCUT2D eigenvalue weighted by molar-refractivity contribution is 0.0601. The molecule has 0 spiro atoms. The first-order chi connectivity index (χ1) is 8.49. The van der Waals surface area contributed by atoms with Gasteiger partial charge in [0.25, 0.3) is 0 Å². The van der Waals surface area contributed by atoms with E-state index in [4.69, 9.17) is 4.74 Å². The molecule has 0 saturated carbocycles. The highest BCUT2D eigenvalue weighted by atomic mass is 79.9. The normalized spacial score (nSPS) is 12.1. The first-order valence-corrected chi connectivity index (χ1v) is 7.42. The van der Waals surface area contributed by atoms with Gasteiger partial charge in [0, 0.05) is 15.0 Å². The summed E-state index contributed by atoms with van der Waals surface area (Å²) in [7, 11) is 1.39. The summed E-state index contributed by atoms with van der Waals surface area (Å²) in [6, 6.07) is 3.97. The third-order valence-corrected chi connectivity index (χ3v) is 3.66. The number of carbonyl (C=O) groups is 1. The summed E-state index contributed by atoms with van der Waals surface area (Å²) < 4.78 is 6.49. The minimum Gasteiger partial charge on any atom is -0.465 e. The van der Waals surface area contributed by atoms with Gasteiger partial charge >= 0.3 is 5.97 Å². The number of carbonyl (C=O) groups excluding carboxylic acids is 1. The highest BCUT2D eigenvalue weighted by molar-refractivity contribution is 9.11. The smallest absolute Gasteiger partial charge is 0.340 e. The van der Waals surface area contributed by atoms with Crippen molar-refractivity contribution >= 4 is 43.5 Å². The zero-order valence-corrected chi connectivity index (χ0v) is 13.9. The van der Waals surface area contributed by atoms with E-state index in [9.17, 15) is 4.79 Å². The fraction of sp³-hybridized carbons (Fsp3) is 0.462. The Bertz CT molecular complexity index is 435. The maximum Gasteiger partial charge on any atom is 0.340 e. The van der Waals surface area contributed by atoms with E-state index in [1.54, 1.807) is 6.07 Å². The Balaban J connectivity index is 3.11. The second-order valence-corrected chi connectivity index (χ2v) is 5.91. The SMILES string of the molecule is CCCC(C)Nc1c(Br)cc(Br)cc1C(=O)OC. The van der Waals surface area contributed by atoms with Crippen LogP contribution < -0.4 is 5.32 Å². The third kappa shape index (κ3) is 3.99. The van der Waals surface area contributed by atoms with Gasteiger partial charge in [-0.25, -0.2) is 4.79 Å². The lowest BCUT2D eigenvalue weighted by Gasteiger charge is -2.18. The van der Waals surface area contributed by atoms with Crippen molar-refractivity contribution in [2.24, 2.45) is 0 Å². The van der Waals surface area contributed by atoms with Gasteiger partial charge in [-0.3, -0.25) is 0 Å². The summed E-state index contributed by atoms with van der Waals surface area (Å²) in [5.41, 5.74) is 1.31. The minimum atomic E-state index is -0.344. The van der Waals surface area contributed by atoms with Crippen LogP contribution in [0.25, 0.3) is 0 Å². The predicted molar refractivity (Wildman–Crippen MR) is 81.2 cm³/mol. The van der Waals surface area contributed by atoms with E-state index in [1.165, 1.54) is 7.11 Å². The quantitative estimate of drug-likeness (QED) is 0.761. The molecule has 3 nitrogen and oxygen atoms in total. The van der Waals surface area contributed by atoms with E-state index in [0.717, 1.165) is 27.5 Å². The Morgan fingerprint density at radius 1 is 1.44 bits per heavy atom. The molecule has 0 bridgehead atoms. The number of ether oxygens (including phenoxy) is 1. The van der Waals surface area contributed by atoms with Gasteiger partial charge in [0.15, 0.2) is 0 Å². The molecule has 1 N–H and O–H groups in total. The van der Waals surface area contributed by atoms with Gasteiger partial charge in [0.1, 0.15) is 0 Å². The molecule has 0 radical (unpaired) electrons. The molecule has 0 amide bonds. The Hall–Kier alpha value is -0.550. The van der Waals surface area contributed by atoms with Crippen molar-refractivity contribution in [3.63, 3.8) is 0 Å². The van der Waals surface area contributed by atoms with Crippen LogP contribution in [0.2, 0.25) is 0 Å². The van der Waals surface area contributed by atoms with Crippen molar-refractivity contribution in [2.75, 3.05) is 12.4 Å². The van der Waals surface area contributed by atoms with Crippen molar-refractivity contribution in [1.29, 1.82) is 0 Å². The van der Waals surface area contributed by atoms with Gasteiger partial charge in [-0.1, -0.05) is 29.3 Å². The van der Waals surface area contributed by atoms with E-state index in [-0.39, 0.29) is 5.97 Å². The molecule has 0 saturated heterocycles. The van der Waals surface area contributed by atoms with E-state index in [1.807, 2.05) is 6.07 Å². The zero-order chi connectivity index (χ0) is 13.7. The van der Waals surface area contributed by atoms with Crippen molar-refractivity contribution in [3.8, 4) is 0 Å². The highest BCUT2D eigenvalue weighted by Gasteiger charge is 2.17. The van der Waals surface area contributed by atoms with Crippen LogP contribution in [0.1, 0.15) is 37.0 Å². The van der Waals surface area contributed by atoms with Crippen LogP contribution in [0.3, 0.4) is 0 Å². The van der Waals surface area contributed by atoms with Gasteiger partial charge in [0.2, 0.25) is 0 Å². The van der Waals surface area contributed by atoms with Gasteiger partial charge in [-0.15, -0.1) is 0 Å². The fourth-order valence-electron chi connectivity index (χ4n) is 1.74. The van der Waals surface area contributed by atoms with Gasteiger partial charge < -0.3 is 10.1 Å². The van der Waals surface area contributed by atoms with Crippen LogP contribution >= 0.6 is 31.9 Å². The topological polar surface area (TPSA) is 38.3 Å². The second kappa shape index (κ2) is 7.14. The van der Waals surface area contributed by atoms with Crippen LogP contribution in [-0.4, -0.2) is 19.1 Å². The first-order valence-electron chi connectivity index (χ1n) is 5.83. The van der Waals surface area contributed by atoms with Crippen LogP contribution in [0, 0.1) is 0 Å². The maximum atomic E-state index is 11.8. The minimum absolute atomic E-state index is 0.302. The molecule has 5 heteroatoms. The molecule has 1 atom stereocenters. The van der Waals surface area contributed by atoms with E-state index in [2.05, 4.69) is 51.0 Å². The molecule has 1 aromatic rings. The molecule has 1 rings (SSSR count). The largest absolute Gasteiger partial charge is 0.465 e. The number of methoxy groups -OCH3 is 1. The maximum absolute atomic E-state index is 11.8. The molecule has 100 valence electrons. The van der Waals surface area contributed by atoms with Crippen LogP contribution in [-0.2, 0) is 4.74 Å². The van der Waals surface area contributed by atoms with E-state index < -0.39 is 0 Å². The molecule has 1 unspecified atom stereocenters. The number of benzene rings is 1. The second-order valence-electron chi connectivity index (χ2n) is 4.14. The molecule has 0 heterocycles. The Morgan fingerprint density at radius 2 is 2.11 bits per heavy atom. The van der Waals surface area contributed by atoms with Crippen LogP contribution in [0.5, 0.6) is 0 Å². The van der Waals surface area contributed by atoms with Gasteiger partial charge in [-0.2, -0.15) is 0 Å². The summed E-state index contributed by atoms with van der Waals surface area (Å²) in [5.74, 6) is -0.344. The lowest BCUT2D eigenvalue weighted by Crippen LogP contribution is -2.18. The Kier molecular flexibility index (Phi) is 6.15. The van der Waals surface area contributed by atoms with Crippen molar-refractivity contribution in [3.05, 3.63) is 26.6 Å². The van der Waals surface area contributed by atoms with Crippen LogP contribution in [0.4, 0.5) is 5.69 Å². The molecule has 0 aliphatic rings. The number of nitrogens with one attached hydrogen (secondary N) is 1. The molecule has 18 heavy (non-hydrogen) atoms. The van der Waals surface area contributed by atoms with Crippen LogP contribution in [0.15, 0.2) is 21.1 Å². The van der Waals surface area contributed by atoms with Crippen molar-refractivity contribution in [2.45, 2.75) is 32.7 Å². The number of hydrogen-bond acceptors (Lipinski definition) is 3. The van der Waals surface area contributed by atoms with E-state index in [0.29, 0.717) is 11.6 Å². The summed E-state index contributed by atoms with van der Waals surface area (Å²) in [4.78, 5) is 11.8. The number of esters is 1. The summed E-state index contributed by atoms with van der Waals surface area (Å²) in [6.07, 6.45) is 2.14. The molecular weight excluding hydrogens is 362 g/mol. The number of anilines is 1. The predicted octanol–water partition coefficient (Wildman–Crippen LogP) is 4.60. The average molecular weight is 379 g/mol. The number of hydrogen-bond donors (Lipinski definition) is 1. The highest BCUT2D eigenvalue weighted by Crippen LogP contribution is 2.32. The standard InChI is InChI=1S/C13H17Br2NO2/c1-4-5-8(2)16-12-10(13(17)18-3)6-9(14)7-11(12)15/h6-8,16H,4-5H2,1-3H3. The first kappa shape index (κ1) is 15.5. The third-order valence-electron chi connectivity index (χ3n) is 2.57. The fourth-order valence-corrected chi connectivity index (χ4v) is 3.08. The van der Waals surface area contributed by atoms with Crippen molar-refractivity contribution < 1.29 is 9.53 Å². The molecule has 1 aromatic carbocycles. The molecule has 0 aliphatic carbocycles. The Morgan fingerprint density at radius 3 is 2.67 bits per heavy atom. The summed E-state index contributed by atoms with van der Waals surface area (Å²) in [5, 5.41) is 3.35. The molecule has 0 aromatic heterocycles. The monoisotopic (exact) mass is 377 g/mol. The summed E-state index contributed by atoms with van der Waals surface area (Å²) in [6.45, 7) is 4.23. The number of rotatable bonds is 5. The molecule has 0 fully saturated rings.